The molecule has 0 spiro atoms. The van der Waals surface area contributed by atoms with E-state index in [2.05, 4.69) is 47.2 Å². The topological polar surface area (TPSA) is 88.9 Å². The van der Waals surface area contributed by atoms with Crippen LogP contribution in [0.5, 0.6) is 0 Å². The van der Waals surface area contributed by atoms with Gasteiger partial charge in [-0.3, -0.25) is 14.6 Å². The second-order valence-corrected chi connectivity index (χ2v) is 6.57. The second kappa shape index (κ2) is 8.57. The lowest BCUT2D eigenvalue weighted by Crippen LogP contribution is -2.32. The van der Waals surface area contributed by atoms with Crippen molar-refractivity contribution in [2.24, 2.45) is 0 Å². The molecule has 8 heteroatoms. The number of hydrogen-bond acceptors (Lipinski definition) is 4. The zero-order chi connectivity index (χ0) is 18.4. The maximum Gasteiger partial charge on any atom is 0.271 e. The molecular formula is C18H18BrN5O2. The van der Waals surface area contributed by atoms with Crippen molar-refractivity contribution in [1.82, 2.24) is 25.2 Å². The standard InChI is InChI=1S/C18H18BrN5O2/c19-14-1-2-16-13(11-14)4-9-24(16)10-8-22-17(25)3-5-23-18(26)15-12-20-6-7-21-15/h1-2,4,6-7,9,11-12H,3,5,8,10H2,(H,22,25)(H,23,26). The molecule has 0 fully saturated rings. The normalized spacial score (nSPS) is 10.7. The fourth-order valence-corrected chi connectivity index (χ4v) is 2.95. The first kappa shape index (κ1) is 18.1. The first-order valence-electron chi connectivity index (χ1n) is 8.19. The lowest BCUT2D eigenvalue weighted by Gasteiger charge is -2.08. The van der Waals surface area contributed by atoms with E-state index in [1.807, 2.05) is 24.4 Å². The molecule has 0 bridgehead atoms. The van der Waals surface area contributed by atoms with E-state index < -0.39 is 0 Å². The Morgan fingerprint density at radius 1 is 1.12 bits per heavy atom. The largest absolute Gasteiger partial charge is 0.354 e. The molecule has 2 amide bonds. The highest BCUT2D eigenvalue weighted by atomic mass is 79.9. The van der Waals surface area contributed by atoms with E-state index in [-0.39, 0.29) is 30.5 Å². The molecule has 26 heavy (non-hydrogen) atoms. The number of hydrogen-bond donors (Lipinski definition) is 2. The summed E-state index contributed by atoms with van der Waals surface area (Å²) in [6.07, 6.45) is 6.55. The van der Waals surface area contributed by atoms with E-state index >= 15 is 0 Å². The molecule has 0 aliphatic heterocycles. The Balaban J connectivity index is 1.39. The zero-order valence-corrected chi connectivity index (χ0v) is 15.6. The molecule has 134 valence electrons. The Kier molecular flexibility index (Phi) is 5.96. The predicted molar refractivity (Wildman–Crippen MR) is 102 cm³/mol. The number of halogens is 1. The van der Waals surface area contributed by atoms with Crippen LogP contribution in [0.15, 0.2) is 53.5 Å². The van der Waals surface area contributed by atoms with Crippen molar-refractivity contribution in [3.8, 4) is 0 Å². The monoisotopic (exact) mass is 415 g/mol. The summed E-state index contributed by atoms with van der Waals surface area (Å²) in [4.78, 5) is 31.4. The van der Waals surface area contributed by atoms with Gasteiger partial charge in [0.15, 0.2) is 0 Å². The average Bonchev–Trinajstić information content (AvgIpc) is 3.04. The Morgan fingerprint density at radius 2 is 2.00 bits per heavy atom. The highest BCUT2D eigenvalue weighted by Crippen LogP contribution is 2.20. The van der Waals surface area contributed by atoms with Crippen molar-refractivity contribution in [3.63, 3.8) is 0 Å². The zero-order valence-electron chi connectivity index (χ0n) is 14.0. The van der Waals surface area contributed by atoms with Crippen LogP contribution in [0.1, 0.15) is 16.9 Å². The molecule has 0 saturated heterocycles. The number of nitrogens with zero attached hydrogens (tertiary/aromatic N) is 3. The lowest BCUT2D eigenvalue weighted by molar-refractivity contribution is -0.120. The van der Waals surface area contributed by atoms with Crippen LogP contribution in [0, 0.1) is 0 Å². The van der Waals surface area contributed by atoms with Gasteiger partial charge in [0.05, 0.1) is 6.20 Å². The molecule has 1 aromatic carbocycles. The van der Waals surface area contributed by atoms with E-state index in [1.54, 1.807) is 0 Å². The Hall–Kier alpha value is -2.74. The van der Waals surface area contributed by atoms with Gasteiger partial charge in [-0.15, -0.1) is 0 Å². The fraction of sp³-hybridized carbons (Fsp3) is 0.222. The van der Waals surface area contributed by atoms with Gasteiger partial charge in [-0.2, -0.15) is 0 Å². The number of nitrogens with one attached hydrogen (secondary N) is 2. The van der Waals surface area contributed by atoms with E-state index in [9.17, 15) is 9.59 Å². The third-order valence-electron chi connectivity index (χ3n) is 3.84. The Morgan fingerprint density at radius 3 is 2.81 bits per heavy atom. The lowest BCUT2D eigenvalue weighted by atomic mass is 10.2. The summed E-state index contributed by atoms with van der Waals surface area (Å²) in [7, 11) is 0. The minimum atomic E-state index is -0.337. The van der Waals surface area contributed by atoms with Crippen molar-refractivity contribution >= 4 is 38.6 Å². The molecule has 0 aliphatic carbocycles. The number of aromatic nitrogens is 3. The fourth-order valence-electron chi connectivity index (χ4n) is 2.57. The van der Waals surface area contributed by atoms with Gasteiger partial charge in [-0.25, -0.2) is 4.98 Å². The van der Waals surface area contributed by atoms with Crippen LogP contribution in [-0.2, 0) is 11.3 Å². The Labute approximate surface area is 159 Å². The summed E-state index contributed by atoms with van der Waals surface area (Å²) in [5.74, 6) is -0.445. The third kappa shape index (κ3) is 4.66. The summed E-state index contributed by atoms with van der Waals surface area (Å²) in [6, 6.07) is 8.15. The minimum Gasteiger partial charge on any atom is -0.354 e. The summed E-state index contributed by atoms with van der Waals surface area (Å²) < 4.78 is 3.14. The van der Waals surface area contributed by atoms with Crippen LogP contribution >= 0.6 is 15.9 Å². The van der Waals surface area contributed by atoms with Crippen LogP contribution in [0.2, 0.25) is 0 Å². The summed E-state index contributed by atoms with van der Waals surface area (Å²) in [5.41, 5.74) is 1.36. The van der Waals surface area contributed by atoms with E-state index in [0.717, 1.165) is 15.4 Å². The number of carbonyl (C=O) groups is 2. The minimum absolute atomic E-state index is 0.108. The van der Waals surface area contributed by atoms with Gasteiger partial charge in [0.1, 0.15) is 5.69 Å². The molecule has 2 N–H and O–H groups in total. The number of rotatable bonds is 7. The molecule has 0 unspecified atom stereocenters. The van der Waals surface area contributed by atoms with E-state index in [4.69, 9.17) is 0 Å². The predicted octanol–water partition coefficient (Wildman–Crippen LogP) is 2.13. The smallest absolute Gasteiger partial charge is 0.271 e. The molecule has 0 aliphatic rings. The van der Waals surface area contributed by atoms with E-state index in [1.165, 1.54) is 18.6 Å². The van der Waals surface area contributed by atoms with Crippen molar-refractivity contribution < 1.29 is 9.59 Å². The van der Waals surface area contributed by atoms with Gasteiger partial charge in [-0.1, -0.05) is 15.9 Å². The molecular weight excluding hydrogens is 398 g/mol. The van der Waals surface area contributed by atoms with Gasteiger partial charge in [0, 0.05) is 60.0 Å². The molecule has 0 saturated carbocycles. The van der Waals surface area contributed by atoms with Gasteiger partial charge in [0.25, 0.3) is 5.91 Å². The summed E-state index contributed by atoms with van der Waals surface area (Å²) in [6.45, 7) is 1.46. The maximum absolute atomic E-state index is 11.9. The van der Waals surface area contributed by atoms with Gasteiger partial charge >= 0.3 is 0 Å². The van der Waals surface area contributed by atoms with Crippen molar-refractivity contribution in [2.75, 3.05) is 13.1 Å². The highest BCUT2D eigenvalue weighted by molar-refractivity contribution is 9.10. The molecule has 3 aromatic rings. The SMILES string of the molecule is O=C(CCNC(=O)c1cnccn1)NCCn1ccc2cc(Br)ccc21. The molecule has 0 atom stereocenters. The summed E-state index contributed by atoms with van der Waals surface area (Å²) >= 11 is 3.46. The number of amides is 2. The molecule has 2 heterocycles. The van der Waals surface area contributed by atoms with Crippen molar-refractivity contribution in [2.45, 2.75) is 13.0 Å². The number of carbonyl (C=O) groups excluding carboxylic acids is 2. The van der Waals surface area contributed by atoms with Crippen molar-refractivity contribution in [3.05, 3.63) is 59.2 Å². The van der Waals surface area contributed by atoms with Crippen LogP contribution in [-0.4, -0.2) is 39.4 Å². The van der Waals surface area contributed by atoms with Crippen LogP contribution in [0.4, 0.5) is 0 Å². The van der Waals surface area contributed by atoms with Gasteiger partial charge in [0.2, 0.25) is 5.91 Å². The summed E-state index contributed by atoms with van der Waals surface area (Å²) in [5, 5.41) is 6.66. The highest BCUT2D eigenvalue weighted by Gasteiger charge is 2.08. The third-order valence-corrected chi connectivity index (χ3v) is 4.33. The quantitative estimate of drug-likeness (QED) is 0.618. The second-order valence-electron chi connectivity index (χ2n) is 5.66. The maximum atomic E-state index is 11.9. The molecule has 0 radical (unpaired) electrons. The Bertz CT molecular complexity index is 910. The van der Waals surface area contributed by atoms with E-state index in [0.29, 0.717) is 13.1 Å². The molecule has 7 nitrogen and oxygen atoms in total. The first-order valence-corrected chi connectivity index (χ1v) is 8.98. The van der Waals surface area contributed by atoms with Gasteiger partial charge in [-0.05, 0) is 24.3 Å². The first-order chi connectivity index (χ1) is 12.6. The molecule has 3 rings (SSSR count). The number of benzene rings is 1. The average molecular weight is 416 g/mol. The van der Waals surface area contributed by atoms with Crippen molar-refractivity contribution in [1.29, 1.82) is 0 Å². The molecule has 2 aromatic heterocycles. The van der Waals surface area contributed by atoms with Crippen LogP contribution in [0.25, 0.3) is 10.9 Å². The number of fused-ring (bicyclic) bond motifs is 1. The van der Waals surface area contributed by atoms with Crippen LogP contribution in [0.3, 0.4) is 0 Å². The van der Waals surface area contributed by atoms with Gasteiger partial charge < -0.3 is 15.2 Å². The van der Waals surface area contributed by atoms with Crippen LogP contribution < -0.4 is 10.6 Å².